The summed E-state index contributed by atoms with van der Waals surface area (Å²) in [6.07, 6.45) is 0. The molecule has 9 heavy (non-hydrogen) atoms. The van der Waals surface area contributed by atoms with Crippen molar-refractivity contribution in [2.75, 3.05) is 5.75 Å². The van der Waals surface area contributed by atoms with Gasteiger partial charge in [-0.15, -0.1) is 23.5 Å². The molecule has 0 saturated carbocycles. The minimum atomic E-state index is 0.632. The van der Waals surface area contributed by atoms with Crippen molar-refractivity contribution in [2.24, 2.45) is 0 Å². The molecule has 0 bridgehead atoms. The third-order valence-electron chi connectivity index (χ3n) is 0.733. The molecule has 0 aromatic heterocycles. The molecule has 0 spiro atoms. The maximum Gasteiger partial charge on any atom is 0.0526 e. The highest BCUT2D eigenvalue weighted by Crippen LogP contribution is 2.23. The molecular formula is C6H12S3. The van der Waals surface area contributed by atoms with Gasteiger partial charge in [0.15, 0.2) is 0 Å². The van der Waals surface area contributed by atoms with Crippen LogP contribution in [0.2, 0.25) is 0 Å². The van der Waals surface area contributed by atoms with Gasteiger partial charge in [-0.25, -0.2) is 0 Å². The van der Waals surface area contributed by atoms with E-state index < -0.39 is 0 Å². The molecule has 0 radical (unpaired) electrons. The molecule has 0 saturated heterocycles. The number of hydrogen-bond donors (Lipinski definition) is 0. The molecule has 0 aliphatic heterocycles. The average Bonchev–Trinajstić information content (AvgIpc) is 1.63. The Morgan fingerprint density at radius 2 is 2.22 bits per heavy atom. The van der Waals surface area contributed by atoms with Gasteiger partial charge in [0.25, 0.3) is 0 Å². The Kier molecular flexibility index (Phi) is 6.05. The van der Waals surface area contributed by atoms with Gasteiger partial charge in [-0.3, -0.25) is 0 Å². The Hall–Kier alpha value is 0.790. The maximum absolute atomic E-state index is 4.94. The molecular weight excluding hydrogens is 168 g/mol. The fourth-order valence-electron chi connectivity index (χ4n) is 0.502. The van der Waals surface area contributed by atoms with Gasteiger partial charge in [0.1, 0.15) is 0 Å². The van der Waals surface area contributed by atoms with E-state index in [1.165, 1.54) is 5.75 Å². The van der Waals surface area contributed by atoms with Gasteiger partial charge in [-0.05, 0) is 19.6 Å². The standard InChI is InChI=1S/C6H12S3/c1-4-8-6(3)9-5(2)7/h6H,4H2,1-3H3. The topological polar surface area (TPSA) is 0 Å². The van der Waals surface area contributed by atoms with E-state index in [1.807, 2.05) is 18.7 Å². The van der Waals surface area contributed by atoms with E-state index >= 15 is 0 Å². The second kappa shape index (κ2) is 5.57. The molecule has 54 valence electrons. The van der Waals surface area contributed by atoms with Crippen molar-refractivity contribution in [3.63, 3.8) is 0 Å². The minimum absolute atomic E-state index is 0.632. The summed E-state index contributed by atoms with van der Waals surface area (Å²) in [4.78, 5) is 0. The second-order valence-electron chi connectivity index (χ2n) is 1.63. The van der Waals surface area contributed by atoms with Crippen molar-refractivity contribution in [1.29, 1.82) is 0 Å². The van der Waals surface area contributed by atoms with Crippen LogP contribution < -0.4 is 0 Å². The molecule has 3 heteroatoms. The van der Waals surface area contributed by atoms with Crippen LogP contribution in [0.3, 0.4) is 0 Å². The first-order valence-electron chi connectivity index (χ1n) is 2.95. The molecule has 1 unspecified atom stereocenters. The Morgan fingerprint density at radius 3 is 2.56 bits per heavy atom. The highest BCUT2D eigenvalue weighted by atomic mass is 32.2. The van der Waals surface area contributed by atoms with E-state index in [2.05, 4.69) is 13.8 Å². The van der Waals surface area contributed by atoms with Gasteiger partial charge in [0, 0.05) is 4.20 Å². The van der Waals surface area contributed by atoms with Gasteiger partial charge in [0.05, 0.1) is 4.58 Å². The normalized spacial score (nSPS) is 13.2. The lowest BCUT2D eigenvalue weighted by Gasteiger charge is -2.06. The van der Waals surface area contributed by atoms with Crippen LogP contribution in [0.4, 0.5) is 0 Å². The van der Waals surface area contributed by atoms with Gasteiger partial charge in [-0.1, -0.05) is 19.1 Å². The predicted octanol–water partition coefficient (Wildman–Crippen LogP) is 3.17. The van der Waals surface area contributed by atoms with E-state index in [1.54, 1.807) is 11.8 Å². The molecule has 0 aliphatic carbocycles. The summed E-state index contributed by atoms with van der Waals surface area (Å²) in [6.45, 7) is 6.34. The maximum atomic E-state index is 4.94. The van der Waals surface area contributed by atoms with Crippen molar-refractivity contribution in [3.05, 3.63) is 0 Å². The van der Waals surface area contributed by atoms with Crippen LogP contribution in [0, 0.1) is 0 Å². The van der Waals surface area contributed by atoms with Gasteiger partial charge in [0.2, 0.25) is 0 Å². The summed E-state index contributed by atoms with van der Waals surface area (Å²) >= 11 is 8.64. The van der Waals surface area contributed by atoms with Gasteiger partial charge < -0.3 is 0 Å². The molecule has 0 rings (SSSR count). The highest BCUT2D eigenvalue weighted by molar-refractivity contribution is 8.30. The lowest BCUT2D eigenvalue weighted by atomic mass is 10.9. The second-order valence-corrected chi connectivity index (χ2v) is 5.97. The first-order valence-corrected chi connectivity index (χ1v) is 5.29. The zero-order valence-electron chi connectivity index (χ0n) is 6.01. The zero-order valence-corrected chi connectivity index (χ0v) is 8.46. The van der Waals surface area contributed by atoms with Crippen LogP contribution in [0.5, 0.6) is 0 Å². The summed E-state index contributed by atoms with van der Waals surface area (Å²) in [5.41, 5.74) is 0. The summed E-state index contributed by atoms with van der Waals surface area (Å²) in [5, 5.41) is 0. The van der Waals surface area contributed by atoms with E-state index in [9.17, 15) is 0 Å². The number of thioether (sulfide) groups is 2. The zero-order chi connectivity index (χ0) is 7.28. The Bertz CT molecular complexity index is 90.3. The molecule has 0 nitrogen and oxygen atoms in total. The van der Waals surface area contributed by atoms with Gasteiger partial charge in [-0.2, -0.15) is 0 Å². The van der Waals surface area contributed by atoms with Crippen LogP contribution in [-0.2, 0) is 0 Å². The first-order chi connectivity index (χ1) is 4.16. The fraction of sp³-hybridized carbons (Fsp3) is 0.833. The smallest absolute Gasteiger partial charge is 0.0526 e. The molecule has 1 atom stereocenters. The lowest BCUT2D eigenvalue weighted by molar-refractivity contribution is 1.40. The molecule has 0 amide bonds. The van der Waals surface area contributed by atoms with Crippen molar-refractivity contribution in [2.45, 2.75) is 25.4 Å². The molecule has 0 aliphatic rings. The molecule has 0 aromatic rings. The Morgan fingerprint density at radius 1 is 1.67 bits per heavy atom. The van der Waals surface area contributed by atoms with Crippen LogP contribution in [-0.4, -0.2) is 14.5 Å². The van der Waals surface area contributed by atoms with Crippen LogP contribution in [0.1, 0.15) is 20.8 Å². The van der Waals surface area contributed by atoms with Crippen molar-refractivity contribution in [3.8, 4) is 0 Å². The van der Waals surface area contributed by atoms with Crippen molar-refractivity contribution < 1.29 is 0 Å². The van der Waals surface area contributed by atoms with E-state index in [4.69, 9.17) is 12.2 Å². The van der Waals surface area contributed by atoms with Gasteiger partial charge >= 0.3 is 0 Å². The lowest BCUT2D eigenvalue weighted by Crippen LogP contribution is -1.92. The molecule has 0 aromatic carbocycles. The van der Waals surface area contributed by atoms with E-state index in [0.29, 0.717) is 4.58 Å². The molecule has 0 fully saturated rings. The number of thiocarbonyl (C=S) groups is 1. The molecule has 0 N–H and O–H groups in total. The molecule has 0 heterocycles. The third kappa shape index (κ3) is 6.68. The number of hydrogen-bond acceptors (Lipinski definition) is 3. The first kappa shape index (κ1) is 9.79. The summed E-state index contributed by atoms with van der Waals surface area (Å²) < 4.78 is 1.68. The van der Waals surface area contributed by atoms with E-state index in [0.717, 1.165) is 4.20 Å². The van der Waals surface area contributed by atoms with Crippen LogP contribution >= 0.6 is 35.7 Å². The monoisotopic (exact) mass is 180 g/mol. The highest BCUT2D eigenvalue weighted by Gasteiger charge is 2.00. The third-order valence-corrected chi connectivity index (χ3v) is 3.19. The minimum Gasteiger partial charge on any atom is -0.148 e. The average molecular weight is 180 g/mol. The van der Waals surface area contributed by atoms with Crippen molar-refractivity contribution >= 4 is 39.9 Å². The summed E-state index contributed by atoms with van der Waals surface area (Å²) in [7, 11) is 0. The van der Waals surface area contributed by atoms with Crippen LogP contribution in [0.15, 0.2) is 0 Å². The summed E-state index contributed by atoms with van der Waals surface area (Å²) in [6, 6.07) is 0. The Balaban J connectivity index is 3.26. The predicted molar refractivity (Wildman–Crippen MR) is 53.5 cm³/mol. The van der Waals surface area contributed by atoms with Crippen LogP contribution in [0.25, 0.3) is 0 Å². The SMILES string of the molecule is CCSC(C)SC(C)=S. The quantitative estimate of drug-likeness (QED) is 0.484. The fourth-order valence-corrected chi connectivity index (χ4v) is 3.17. The summed E-state index contributed by atoms with van der Waals surface area (Å²) in [5.74, 6) is 1.18. The Labute approximate surface area is 71.2 Å². The van der Waals surface area contributed by atoms with Crippen molar-refractivity contribution in [1.82, 2.24) is 0 Å². The van der Waals surface area contributed by atoms with E-state index in [-0.39, 0.29) is 0 Å². The largest absolute Gasteiger partial charge is 0.148 e. The number of rotatable bonds is 3.